The van der Waals surface area contributed by atoms with Crippen molar-refractivity contribution in [1.82, 2.24) is 9.47 Å². The average molecular weight is 206 g/mol. The monoisotopic (exact) mass is 206 g/mol. The maximum atomic E-state index is 11.9. The first-order valence-corrected chi connectivity index (χ1v) is 5.75. The van der Waals surface area contributed by atoms with Gasteiger partial charge < -0.3 is 9.47 Å². The summed E-state index contributed by atoms with van der Waals surface area (Å²) in [5, 5.41) is 0. The van der Waals surface area contributed by atoms with E-state index in [-0.39, 0.29) is 5.91 Å². The van der Waals surface area contributed by atoms with Gasteiger partial charge >= 0.3 is 0 Å². The summed E-state index contributed by atoms with van der Waals surface area (Å²) in [4.78, 5) is 13.9. The summed E-state index contributed by atoms with van der Waals surface area (Å²) in [5.74, 6) is 0.258. The number of carbonyl (C=O) groups is 1. The molecule has 1 aromatic rings. The third-order valence-corrected chi connectivity index (χ3v) is 2.94. The van der Waals surface area contributed by atoms with E-state index in [9.17, 15) is 4.79 Å². The van der Waals surface area contributed by atoms with Gasteiger partial charge in [0.25, 0.3) is 0 Å². The second-order valence-corrected chi connectivity index (χ2v) is 4.15. The number of nitrogens with zero attached hydrogens (tertiary/aromatic N) is 2. The summed E-state index contributed by atoms with van der Waals surface area (Å²) < 4.78 is 1.94. The van der Waals surface area contributed by atoms with Gasteiger partial charge in [-0.25, -0.2) is 0 Å². The first-order chi connectivity index (χ1) is 7.36. The quantitative estimate of drug-likeness (QED) is 0.725. The van der Waals surface area contributed by atoms with Crippen LogP contribution in [0.2, 0.25) is 0 Å². The molecule has 1 saturated heterocycles. The molecule has 0 atom stereocenters. The molecular weight excluding hydrogens is 188 g/mol. The molecule has 1 aromatic heterocycles. The highest BCUT2D eigenvalue weighted by Gasteiger charge is 2.14. The molecular formula is C12H18N2O. The van der Waals surface area contributed by atoms with Crippen molar-refractivity contribution in [3.8, 4) is 0 Å². The Morgan fingerprint density at radius 1 is 1.00 bits per heavy atom. The van der Waals surface area contributed by atoms with E-state index in [4.69, 9.17) is 0 Å². The predicted octanol–water partition coefficient (Wildman–Crippen LogP) is 1.89. The predicted molar refractivity (Wildman–Crippen MR) is 59.5 cm³/mol. The summed E-state index contributed by atoms with van der Waals surface area (Å²) in [6, 6.07) is 3.91. The third kappa shape index (κ3) is 2.85. The van der Waals surface area contributed by atoms with Crippen LogP contribution in [-0.2, 0) is 11.3 Å². The first-order valence-electron chi connectivity index (χ1n) is 5.75. The van der Waals surface area contributed by atoms with Gasteiger partial charge in [0.1, 0.15) is 6.54 Å². The maximum Gasteiger partial charge on any atom is 0.242 e. The zero-order valence-electron chi connectivity index (χ0n) is 9.06. The van der Waals surface area contributed by atoms with E-state index in [1.165, 1.54) is 12.8 Å². The Morgan fingerprint density at radius 3 is 2.20 bits per heavy atom. The molecule has 1 aliphatic rings. The van der Waals surface area contributed by atoms with E-state index in [0.29, 0.717) is 6.54 Å². The summed E-state index contributed by atoms with van der Waals surface area (Å²) >= 11 is 0. The number of aromatic nitrogens is 1. The molecule has 1 fully saturated rings. The molecule has 0 aliphatic carbocycles. The summed E-state index contributed by atoms with van der Waals surface area (Å²) in [6.07, 6.45) is 8.75. The van der Waals surface area contributed by atoms with E-state index in [0.717, 1.165) is 25.9 Å². The molecule has 0 spiro atoms. The number of hydrogen-bond acceptors (Lipinski definition) is 1. The van der Waals surface area contributed by atoms with E-state index in [2.05, 4.69) is 0 Å². The minimum atomic E-state index is 0.258. The zero-order chi connectivity index (χ0) is 10.5. The van der Waals surface area contributed by atoms with Crippen molar-refractivity contribution in [3.63, 3.8) is 0 Å². The summed E-state index contributed by atoms with van der Waals surface area (Å²) in [7, 11) is 0. The van der Waals surface area contributed by atoms with Crippen LogP contribution in [0.15, 0.2) is 24.5 Å². The highest BCUT2D eigenvalue weighted by atomic mass is 16.2. The van der Waals surface area contributed by atoms with Crippen molar-refractivity contribution in [1.29, 1.82) is 0 Å². The molecule has 82 valence electrons. The summed E-state index contributed by atoms with van der Waals surface area (Å²) in [5.41, 5.74) is 0. The van der Waals surface area contributed by atoms with Gasteiger partial charge in [0.15, 0.2) is 0 Å². The molecule has 15 heavy (non-hydrogen) atoms. The Labute approximate surface area is 90.7 Å². The SMILES string of the molecule is O=C(Cn1cccc1)N1CCCCCC1. The second kappa shape index (κ2) is 5.01. The van der Waals surface area contributed by atoms with Crippen LogP contribution in [0, 0.1) is 0 Å². The van der Waals surface area contributed by atoms with Crippen LogP contribution in [-0.4, -0.2) is 28.5 Å². The Balaban J connectivity index is 1.89. The Bertz CT molecular complexity index is 297. The minimum absolute atomic E-state index is 0.258. The van der Waals surface area contributed by atoms with Gasteiger partial charge in [0.2, 0.25) is 5.91 Å². The molecule has 0 N–H and O–H groups in total. The van der Waals surface area contributed by atoms with Gasteiger partial charge in [0.05, 0.1) is 0 Å². The van der Waals surface area contributed by atoms with Crippen molar-refractivity contribution in [2.45, 2.75) is 32.2 Å². The van der Waals surface area contributed by atoms with E-state index < -0.39 is 0 Å². The molecule has 1 amide bonds. The average Bonchev–Trinajstić information content (AvgIpc) is 2.58. The molecule has 0 aromatic carbocycles. The van der Waals surface area contributed by atoms with Gasteiger partial charge in [-0.3, -0.25) is 4.79 Å². The Kier molecular flexibility index (Phi) is 3.43. The van der Waals surface area contributed by atoms with Crippen LogP contribution >= 0.6 is 0 Å². The fraction of sp³-hybridized carbons (Fsp3) is 0.583. The van der Waals surface area contributed by atoms with E-state index in [1.54, 1.807) is 0 Å². The van der Waals surface area contributed by atoms with Crippen LogP contribution in [0.4, 0.5) is 0 Å². The number of amides is 1. The standard InChI is InChI=1S/C12H18N2O/c15-12(11-13-7-5-6-8-13)14-9-3-1-2-4-10-14/h5-8H,1-4,9-11H2. The van der Waals surface area contributed by atoms with Crippen molar-refractivity contribution in [3.05, 3.63) is 24.5 Å². The van der Waals surface area contributed by atoms with Crippen LogP contribution in [0.3, 0.4) is 0 Å². The first kappa shape index (κ1) is 10.3. The second-order valence-electron chi connectivity index (χ2n) is 4.15. The highest BCUT2D eigenvalue weighted by molar-refractivity contribution is 5.76. The van der Waals surface area contributed by atoms with Crippen molar-refractivity contribution < 1.29 is 4.79 Å². The molecule has 3 heteroatoms. The smallest absolute Gasteiger partial charge is 0.242 e. The van der Waals surface area contributed by atoms with Gasteiger partial charge in [-0.15, -0.1) is 0 Å². The van der Waals surface area contributed by atoms with Gasteiger partial charge in [-0.05, 0) is 25.0 Å². The van der Waals surface area contributed by atoms with Crippen molar-refractivity contribution in [2.75, 3.05) is 13.1 Å². The Hall–Kier alpha value is -1.25. The molecule has 0 unspecified atom stereocenters. The molecule has 1 aliphatic heterocycles. The van der Waals surface area contributed by atoms with Crippen LogP contribution < -0.4 is 0 Å². The normalized spacial score (nSPS) is 17.5. The Morgan fingerprint density at radius 2 is 1.60 bits per heavy atom. The topological polar surface area (TPSA) is 25.2 Å². The van der Waals surface area contributed by atoms with Crippen LogP contribution in [0.1, 0.15) is 25.7 Å². The molecule has 2 heterocycles. The molecule has 3 nitrogen and oxygen atoms in total. The largest absolute Gasteiger partial charge is 0.345 e. The van der Waals surface area contributed by atoms with Crippen LogP contribution in [0.25, 0.3) is 0 Å². The van der Waals surface area contributed by atoms with Crippen molar-refractivity contribution >= 4 is 5.91 Å². The highest BCUT2D eigenvalue weighted by Crippen LogP contribution is 2.10. The molecule has 0 saturated carbocycles. The van der Waals surface area contributed by atoms with E-state index >= 15 is 0 Å². The lowest BCUT2D eigenvalue weighted by molar-refractivity contribution is -0.131. The van der Waals surface area contributed by atoms with Crippen molar-refractivity contribution in [2.24, 2.45) is 0 Å². The van der Waals surface area contributed by atoms with E-state index in [1.807, 2.05) is 34.0 Å². The molecule has 0 radical (unpaired) electrons. The minimum Gasteiger partial charge on any atom is -0.345 e. The maximum absolute atomic E-state index is 11.9. The molecule has 2 rings (SSSR count). The number of hydrogen-bond donors (Lipinski definition) is 0. The lowest BCUT2D eigenvalue weighted by Gasteiger charge is -2.20. The number of carbonyl (C=O) groups excluding carboxylic acids is 1. The summed E-state index contributed by atoms with van der Waals surface area (Å²) in [6.45, 7) is 2.38. The number of rotatable bonds is 2. The zero-order valence-corrected chi connectivity index (χ0v) is 9.06. The lowest BCUT2D eigenvalue weighted by atomic mass is 10.2. The molecule has 0 bridgehead atoms. The lowest BCUT2D eigenvalue weighted by Crippen LogP contribution is -2.34. The van der Waals surface area contributed by atoms with Gasteiger partial charge in [-0.1, -0.05) is 12.8 Å². The number of likely N-dealkylation sites (tertiary alicyclic amines) is 1. The van der Waals surface area contributed by atoms with Gasteiger partial charge in [0, 0.05) is 25.5 Å². The fourth-order valence-corrected chi connectivity index (χ4v) is 2.05. The van der Waals surface area contributed by atoms with Gasteiger partial charge in [-0.2, -0.15) is 0 Å². The third-order valence-electron chi connectivity index (χ3n) is 2.94. The van der Waals surface area contributed by atoms with Crippen LogP contribution in [0.5, 0.6) is 0 Å². The fourth-order valence-electron chi connectivity index (χ4n) is 2.05.